The van der Waals surface area contributed by atoms with Gasteiger partial charge < -0.3 is 0 Å². The van der Waals surface area contributed by atoms with Crippen molar-refractivity contribution in [2.45, 2.75) is 33.6 Å². The van der Waals surface area contributed by atoms with E-state index >= 15 is 0 Å². The molecule has 0 spiro atoms. The summed E-state index contributed by atoms with van der Waals surface area (Å²) in [4.78, 5) is 0. The van der Waals surface area contributed by atoms with Gasteiger partial charge in [0.2, 0.25) is 0 Å². The third kappa shape index (κ3) is 6.67. The largest absolute Gasteiger partial charge is 0.0708 e. The van der Waals surface area contributed by atoms with Gasteiger partial charge in [0, 0.05) is 46.6 Å². The number of hydrogen-bond acceptors (Lipinski definition) is 0. The first kappa shape index (κ1) is 10.6. The molecule has 0 fully saturated rings. The first-order valence-electron chi connectivity index (χ1n) is 5.52. The zero-order chi connectivity index (χ0) is 9.61. The Morgan fingerprint density at radius 1 is 1.27 bits per heavy atom. The van der Waals surface area contributed by atoms with Gasteiger partial charge in [-0.25, -0.2) is 0 Å². The van der Waals surface area contributed by atoms with Gasteiger partial charge in [0.25, 0.3) is 0 Å². The zero-order valence-electron chi connectivity index (χ0n) is 10.1. The second-order valence-electron chi connectivity index (χ2n) is 2.82. The molecule has 0 rings (SSSR count). The maximum Gasteiger partial charge on any atom is 0.0708 e. The van der Waals surface area contributed by atoms with Crippen LogP contribution in [-0.2, 0) is 32.7 Å². The van der Waals surface area contributed by atoms with E-state index in [0.717, 1.165) is 25.2 Å². The summed E-state index contributed by atoms with van der Waals surface area (Å²) < 4.78 is 15.6. The minimum atomic E-state index is -1.21. The average Bonchev–Trinajstić information content (AvgIpc) is 2.09. The molecule has 1 atom stereocenters. The van der Waals surface area contributed by atoms with Crippen LogP contribution >= 0.6 is 7.26 Å². The van der Waals surface area contributed by atoms with Crippen LogP contribution in [0.4, 0.5) is 0 Å². The predicted molar refractivity (Wildman–Crippen MR) is 53.7 cm³/mol. The van der Waals surface area contributed by atoms with Gasteiger partial charge in [0.1, 0.15) is 0 Å². The van der Waals surface area contributed by atoms with Crippen molar-refractivity contribution in [1.82, 2.24) is 0 Å². The molecule has 1 radical (unpaired) electrons. The summed E-state index contributed by atoms with van der Waals surface area (Å²) in [5.74, 6) is 0. The smallest absolute Gasteiger partial charge is 0.0652 e. The molecular formula is C9H22PY+. The standard InChI is InChI=1S/C9H22P.Y/c1-5-8-9-10(4,6-2)7-3;/h5-9H2,1-4H3;/q+1;/i4D,9D;. The molecule has 0 N–H and O–H groups in total. The number of hydrogen-bond donors (Lipinski definition) is 0. The number of rotatable bonds is 5. The molecule has 0 saturated carbocycles. The summed E-state index contributed by atoms with van der Waals surface area (Å²) in [6.07, 6.45) is 4.34. The molecule has 11 heavy (non-hydrogen) atoms. The minimum absolute atomic E-state index is 0. The summed E-state index contributed by atoms with van der Waals surface area (Å²) in [5, 5.41) is 0. The monoisotopic (exact) mass is 252 g/mol. The molecule has 0 aliphatic heterocycles. The summed E-state index contributed by atoms with van der Waals surface area (Å²) >= 11 is 0. The molecule has 2 heteroatoms. The van der Waals surface area contributed by atoms with Gasteiger partial charge in [-0.1, -0.05) is 13.3 Å². The Morgan fingerprint density at radius 3 is 2.09 bits per heavy atom. The third-order valence-corrected chi connectivity index (χ3v) is 5.62. The normalized spacial score (nSPS) is 16.3. The molecule has 0 aromatic rings. The summed E-state index contributed by atoms with van der Waals surface area (Å²) in [5.41, 5.74) is 0. The fraction of sp³-hybridized carbons (Fsp3) is 1.00. The van der Waals surface area contributed by atoms with Crippen molar-refractivity contribution in [3.8, 4) is 0 Å². The van der Waals surface area contributed by atoms with Crippen LogP contribution in [0, 0.1) is 0 Å². The van der Waals surface area contributed by atoms with Crippen molar-refractivity contribution in [2.24, 2.45) is 0 Å². The van der Waals surface area contributed by atoms with Gasteiger partial charge in [-0.2, -0.15) is 0 Å². The van der Waals surface area contributed by atoms with E-state index < -0.39 is 7.26 Å². The van der Waals surface area contributed by atoms with Crippen LogP contribution in [0.1, 0.15) is 36.4 Å². The Morgan fingerprint density at radius 2 is 1.82 bits per heavy atom. The maximum atomic E-state index is 8.01. The molecule has 0 aromatic heterocycles. The SMILES string of the molecule is [2H]C[P+](CC)(CC)C([2H])CCC.[Y]. The van der Waals surface area contributed by atoms with E-state index in [9.17, 15) is 0 Å². The molecule has 0 amide bonds. The molecule has 0 aliphatic carbocycles. The summed E-state index contributed by atoms with van der Waals surface area (Å²) in [6, 6.07) is 0. The maximum absolute atomic E-state index is 8.01. The van der Waals surface area contributed by atoms with Crippen molar-refractivity contribution < 1.29 is 35.5 Å². The fourth-order valence-corrected chi connectivity index (χ4v) is 2.65. The molecule has 0 aliphatic rings. The van der Waals surface area contributed by atoms with Crippen LogP contribution in [0.5, 0.6) is 0 Å². The molecule has 0 nitrogen and oxygen atoms in total. The first-order chi connectivity index (χ1) is 5.66. The Labute approximate surface area is 101 Å². The van der Waals surface area contributed by atoms with Crippen LogP contribution in [0.15, 0.2) is 0 Å². The van der Waals surface area contributed by atoms with E-state index in [-0.39, 0.29) is 38.8 Å². The quantitative estimate of drug-likeness (QED) is 0.657. The second kappa shape index (κ2) is 8.15. The topological polar surface area (TPSA) is 0 Å². The van der Waals surface area contributed by atoms with Gasteiger partial charge in [-0.05, 0) is 20.3 Å². The molecule has 65 valence electrons. The van der Waals surface area contributed by atoms with E-state index in [0.29, 0.717) is 6.64 Å². The van der Waals surface area contributed by atoms with Gasteiger partial charge in [-0.15, -0.1) is 0 Å². The van der Waals surface area contributed by atoms with Crippen LogP contribution < -0.4 is 0 Å². The van der Waals surface area contributed by atoms with Gasteiger partial charge in [-0.3, -0.25) is 0 Å². The molecule has 0 bridgehead atoms. The average molecular weight is 252 g/mol. The fourth-order valence-electron chi connectivity index (χ4n) is 0.885. The predicted octanol–water partition coefficient (Wildman–Crippen LogP) is 3.47. The Balaban J connectivity index is 0. The first-order valence-corrected chi connectivity index (χ1v) is 6.65. The van der Waals surface area contributed by atoms with Crippen LogP contribution in [-0.4, -0.2) is 25.1 Å². The van der Waals surface area contributed by atoms with Gasteiger partial charge >= 0.3 is 0 Å². The van der Waals surface area contributed by atoms with Crippen molar-refractivity contribution >= 4 is 7.26 Å². The molecule has 0 aromatic carbocycles. The minimum Gasteiger partial charge on any atom is -0.0652 e. The van der Waals surface area contributed by atoms with Crippen LogP contribution in [0.2, 0.25) is 0 Å². The van der Waals surface area contributed by atoms with Crippen molar-refractivity contribution in [3.05, 3.63) is 0 Å². The van der Waals surface area contributed by atoms with E-state index in [1.165, 1.54) is 0 Å². The Kier molecular flexibility index (Phi) is 7.86. The van der Waals surface area contributed by atoms with Crippen LogP contribution in [0.25, 0.3) is 0 Å². The summed E-state index contributed by atoms with van der Waals surface area (Å²) in [7, 11) is -1.21. The van der Waals surface area contributed by atoms with E-state index in [2.05, 4.69) is 20.8 Å². The van der Waals surface area contributed by atoms with Crippen molar-refractivity contribution in [3.63, 3.8) is 0 Å². The van der Waals surface area contributed by atoms with E-state index in [1.807, 2.05) is 0 Å². The Hall–Kier alpha value is 1.53. The third-order valence-electron chi connectivity index (χ3n) is 2.06. The molecule has 1 unspecified atom stereocenters. The second-order valence-corrected chi connectivity index (χ2v) is 6.89. The van der Waals surface area contributed by atoms with Crippen LogP contribution in [0.3, 0.4) is 0 Å². The van der Waals surface area contributed by atoms with Crippen molar-refractivity contribution in [1.29, 1.82) is 0 Å². The van der Waals surface area contributed by atoms with Gasteiger partial charge in [0.05, 0.1) is 21.2 Å². The molecule has 0 heterocycles. The molecule has 0 saturated heterocycles. The zero-order valence-corrected chi connectivity index (χ0v) is 11.9. The summed E-state index contributed by atoms with van der Waals surface area (Å²) in [6.45, 7) is 6.96. The van der Waals surface area contributed by atoms with E-state index in [1.54, 1.807) is 0 Å². The van der Waals surface area contributed by atoms with E-state index in [4.69, 9.17) is 2.74 Å². The van der Waals surface area contributed by atoms with Gasteiger partial charge in [0.15, 0.2) is 0 Å². The Bertz CT molecular complexity index is 110. The molecular weight excluding hydrogens is 228 g/mol. The van der Waals surface area contributed by atoms with Crippen molar-refractivity contribution in [2.75, 3.05) is 25.1 Å².